The number of hydrogen-bond acceptors (Lipinski definition) is 5. The molecule has 0 bridgehead atoms. The second-order valence-electron chi connectivity index (χ2n) is 2.86. The van der Waals surface area contributed by atoms with Gasteiger partial charge in [-0.05, 0) is 26.1 Å². The summed E-state index contributed by atoms with van der Waals surface area (Å²) in [4.78, 5) is 3.55. The van der Waals surface area contributed by atoms with Gasteiger partial charge >= 0.3 is 8.69 Å². The lowest BCUT2D eigenvalue weighted by molar-refractivity contribution is 0.305. The zero-order chi connectivity index (χ0) is 11.8. The molecular weight excluding hydrogens is 217 g/mol. The van der Waals surface area contributed by atoms with Crippen LogP contribution in [0.1, 0.15) is 13.8 Å². The number of aliphatic imine (C=N–C) groups is 1. The lowest BCUT2D eigenvalue weighted by Crippen LogP contribution is -2.03. The molecule has 0 saturated heterocycles. The van der Waals surface area contributed by atoms with E-state index in [2.05, 4.69) is 16.2 Å². The second kappa shape index (κ2) is 7.29. The molecular formula is C9H14NO4P. The summed E-state index contributed by atoms with van der Waals surface area (Å²) in [5.41, 5.74) is 1.21. The third-order valence-electron chi connectivity index (χ3n) is 1.87. The van der Waals surface area contributed by atoms with E-state index in [1.54, 1.807) is 13.8 Å². The normalized spacial score (nSPS) is 14.6. The molecule has 84 valence electrons. The lowest BCUT2D eigenvalue weighted by Gasteiger charge is -2.09. The fraction of sp³-hybridized carbons (Fsp3) is 0.444. The zero-order valence-corrected chi connectivity index (χ0v) is 9.62. The predicted octanol–water partition coefficient (Wildman–Crippen LogP) is 2.01. The highest BCUT2D eigenvalue weighted by molar-refractivity contribution is 7.17. The summed E-state index contributed by atoms with van der Waals surface area (Å²) < 4.78 is 14.7. The third-order valence-corrected chi connectivity index (χ3v) is 2.11. The van der Waals surface area contributed by atoms with Crippen molar-refractivity contribution in [1.82, 2.24) is 0 Å². The minimum atomic E-state index is -0.441. The summed E-state index contributed by atoms with van der Waals surface area (Å²) in [5.74, 6) is -0.129. The van der Waals surface area contributed by atoms with Crippen molar-refractivity contribution in [1.29, 1.82) is 0 Å². The summed E-state index contributed by atoms with van der Waals surface area (Å²) in [5, 5.41) is 18.7. The molecule has 5 nitrogen and oxygen atoms in total. The molecule has 2 N–H and O–H groups in total. The maximum absolute atomic E-state index is 10.1. The Morgan fingerprint density at radius 2 is 2.13 bits per heavy atom. The second-order valence-corrected chi connectivity index (χ2v) is 3.26. The SMILES string of the molecule is C=N/C(C)=C(O)\C(CO)=C(/C)COP=O. The number of allylic oxidation sites excluding steroid dienone is 1. The highest BCUT2D eigenvalue weighted by Gasteiger charge is 2.09. The van der Waals surface area contributed by atoms with E-state index in [4.69, 9.17) is 5.11 Å². The van der Waals surface area contributed by atoms with E-state index in [1.807, 2.05) is 0 Å². The standard InChI is InChI=1S/C9H14NO4P/c1-6(5-14-15-13)8(4-11)9(12)7(2)10-3/h11-12H,3-5H2,1-2H3/b8-6+,9-7+. The van der Waals surface area contributed by atoms with Crippen molar-refractivity contribution >= 4 is 15.4 Å². The van der Waals surface area contributed by atoms with Crippen LogP contribution in [0.2, 0.25) is 0 Å². The molecule has 0 aliphatic rings. The molecule has 0 aromatic heterocycles. The van der Waals surface area contributed by atoms with Crippen LogP contribution in [0.15, 0.2) is 27.6 Å². The van der Waals surface area contributed by atoms with Crippen LogP contribution in [0.4, 0.5) is 0 Å². The first-order valence-corrected chi connectivity index (χ1v) is 4.92. The number of hydrogen-bond donors (Lipinski definition) is 2. The van der Waals surface area contributed by atoms with Gasteiger partial charge in [0.05, 0.1) is 18.9 Å². The Morgan fingerprint density at radius 3 is 2.53 bits per heavy atom. The molecule has 0 spiro atoms. The van der Waals surface area contributed by atoms with Crippen molar-refractivity contribution in [2.45, 2.75) is 13.8 Å². The zero-order valence-electron chi connectivity index (χ0n) is 8.73. The largest absolute Gasteiger partial charge is 0.506 e. The molecule has 0 heterocycles. The van der Waals surface area contributed by atoms with Crippen LogP contribution in [0.5, 0.6) is 0 Å². The average molecular weight is 231 g/mol. The highest BCUT2D eigenvalue weighted by Crippen LogP contribution is 2.17. The summed E-state index contributed by atoms with van der Waals surface area (Å²) in [6.07, 6.45) is 0. The fourth-order valence-electron chi connectivity index (χ4n) is 0.916. The van der Waals surface area contributed by atoms with Crippen molar-refractivity contribution < 1.29 is 19.3 Å². The minimum absolute atomic E-state index is 0.0649. The number of aliphatic hydroxyl groups excluding tert-OH is 2. The van der Waals surface area contributed by atoms with Crippen LogP contribution in [0, 0.1) is 0 Å². The molecule has 0 amide bonds. The van der Waals surface area contributed by atoms with E-state index in [1.165, 1.54) is 0 Å². The van der Waals surface area contributed by atoms with E-state index >= 15 is 0 Å². The molecule has 0 unspecified atom stereocenters. The number of aliphatic hydroxyl groups is 2. The monoisotopic (exact) mass is 231 g/mol. The van der Waals surface area contributed by atoms with Gasteiger partial charge in [0.2, 0.25) is 0 Å². The molecule has 0 atom stereocenters. The van der Waals surface area contributed by atoms with Crippen LogP contribution >= 0.6 is 8.69 Å². The average Bonchev–Trinajstić information content (AvgIpc) is 2.25. The van der Waals surface area contributed by atoms with Crippen molar-refractivity contribution in [2.75, 3.05) is 13.2 Å². The Morgan fingerprint density at radius 1 is 1.53 bits per heavy atom. The summed E-state index contributed by atoms with van der Waals surface area (Å²) in [6, 6.07) is 0. The van der Waals surface area contributed by atoms with Gasteiger partial charge in [-0.3, -0.25) is 9.52 Å². The molecule has 0 radical (unpaired) electrons. The molecule has 0 aromatic rings. The van der Waals surface area contributed by atoms with E-state index in [0.717, 1.165) is 0 Å². The maximum atomic E-state index is 10.1. The Balaban J connectivity index is 5.03. The molecule has 0 aromatic carbocycles. The predicted molar refractivity (Wildman–Crippen MR) is 58.2 cm³/mol. The van der Waals surface area contributed by atoms with E-state index in [0.29, 0.717) is 16.8 Å². The molecule has 0 rings (SSSR count). The maximum Gasteiger partial charge on any atom is 0.327 e. The molecule has 0 fully saturated rings. The van der Waals surface area contributed by atoms with Gasteiger partial charge in [-0.2, -0.15) is 0 Å². The fourth-order valence-corrected chi connectivity index (χ4v) is 1.16. The Bertz CT molecular complexity index is 309. The highest BCUT2D eigenvalue weighted by atomic mass is 31.1. The quantitative estimate of drug-likeness (QED) is 0.317. The van der Waals surface area contributed by atoms with Crippen molar-refractivity contribution in [2.24, 2.45) is 4.99 Å². The van der Waals surface area contributed by atoms with Crippen LogP contribution in [-0.2, 0) is 9.09 Å². The lowest BCUT2D eigenvalue weighted by atomic mass is 10.1. The first-order valence-electron chi connectivity index (χ1n) is 4.19. The summed E-state index contributed by atoms with van der Waals surface area (Å²) in [7, 11) is -0.441. The van der Waals surface area contributed by atoms with E-state index in [-0.39, 0.29) is 19.0 Å². The molecule has 0 aliphatic carbocycles. The molecule has 0 saturated carbocycles. The molecule has 15 heavy (non-hydrogen) atoms. The Labute approximate surface area is 90.1 Å². The van der Waals surface area contributed by atoms with Gasteiger partial charge in [-0.15, -0.1) is 0 Å². The van der Waals surface area contributed by atoms with Crippen molar-refractivity contribution in [3.05, 3.63) is 22.6 Å². The van der Waals surface area contributed by atoms with Gasteiger partial charge in [-0.25, -0.2) is 4.57 Å². The van der Waals surface area contributed by atoms with Crippen LogP contribution < -0.4 is 0 Å². The van der Waals surface area contributed by atoms with Crippen LogP contribution in [0.25, 0.3) is 0 Å². The third kappa shape index (κ3) is 4.34. The van der Waals surface area contributed by atoms with Gasteiger partial charge < -0.3 is 10.2 Å². The first-order chi connectivity index (χ1) is 7.08. The van der Waals surface area contributed by atoms with Gasteiger partial charge in [0.15, 0.2) is 0 Å². The Hall–Kier alpha value is -1.03. The van der Waals surface area contributed by atoms with Crippen molar-refractivity contribution in [3.63, 3.8) is 0 Å². The van der Waals surface area contributed by atoms with E-state index in [9.17, 15) is 9.67 Å². The van der Waals surface area contributed by atoms with Crippen LogP contribution in [0.3, 0.4) is 0 Å². The topological polar surface area (TPSA) is 79.1 Å². The minimum Gasteiger partial charge on any atom is -0.506 e. The van der Waals surface area contributed by atoms with Gasteiger partial charge in [0.25, 0.3) is 0 Å². The molecule has 6 heteroatoms. The first kappa shape index (κ1) is 14.0. The number of rotatable bonds is 6. The molecule has 0 aliphatic heterocycles. The van der Waals surface area contributed by atoms with Crippen molar-refractivity contribution in [3.8, 4) is 0 Å². The van der Waals surface area contributed by atoms with Gasteiger partial charge in [0.1, 0.15) is 5.76 Å². The smallest absolute Gasteiger partial charge is 0.327 e. The van der Waals surface area contributed by atoms with Gasteiger partial charge in [-0.1, -0.05) is 0 Å². The number of nitrogens with zero attached hydrogens (tertiary/aromatic N) is 1. The van der Waals surface area contributed by atoms with Gasteiger partial charge in [0, 0.05) is 5.57 Å². The Kier molecular flexibility index (Phi) is 6.79. The summed E-state index contributed by atoms with van der Waals surface area (Å²) >= 11 is 0. The summed E-state index contributed by atoms with van der Waals surface area (Å²) in [6.45, 7) is 6.21. The van der Waals surface area contributed by atoms with Crippen LogP contribution in [-0.4, -0.2) is 30.1 Å². The van der Waals surface area contributed by atoms with E-state index < -0.39 is 8.69 Å².